The first-order valence-corrected chi connectivity index (χ1v) is 21.6. The molecule has 0 aliphatic carbocycles. The summed E-state index contributed by atoms with van der Waals surface area (Å²) in [4.78, 5) is 0. The van der Waals surface area contributed by atoms with Crippen molar-refractivity contribution in [1.29, 1.82) is 0 Å². The molecule has 0 fully saturated rings. The van der Waals surface area contributed by atoms with Crippen LogP contribution in [-0.4, -0.2) is 29.5 Å². The van der Waals surface area contributed by atoms with Gasteiger partial charge in [-0.1, -0.05) is 126 Å². The van der Waals surface area contributed by atoms with Crippen LogP contribution in [-0.2, 0) is 30.5 Å². The van der Waals surface area contributed by atoms with Gasteiger partial charge in [-0.2, -0.15) is 23.3 Å². The molecule has 0 aromatic heterocycles. The average Bonchev–Trinajstić information content (AvgIpc) is 3.01. The Morgan fingerprint density at radius 2 is 1.21 bits per heavy atom. The van der Waals surface area contributed by atoms with Gasteiger partial charge in [0.1, 0.15) is 0 Å². The summed E-state index contributed by atoms with van der Waals surface area (Å²) in [5.74, 6) is 1.37. The zero-order valence-corrected chi connectivity index (χ0v) is 38.7. The second-order valence-corrected chi connectivity index (χ2v) is 22.1. The smallest absolute Gasteiger partial charge is 0.0916 e. The molecule has 0 heterocycles. The van der Waals surface area contributed by atoms with Gasteiger partial charge in [0, 0.05) is 26.7 Å². The van der Waals surface area contributed by atoms with E-state index in [2.05, 4.69) is 129 Å². The van der Waals surface area contributed by atoms with Crippen molar-refractivity contribution in [1.82, 2.24) is 0 Å². The average molecular weight is 849 g/mol. The third-order valence-electron chi connectivity index (χ3n) is 9.40. The molecule has 0 atom stereocenters. The molecule has 0 bridgehead atoms. The van der Waals surface area contributed by atoms with Crippen LogP contribution in [0, 0.1) is 39.8 Å². The van der Waals surface area contributed by atoms with Gasteiger partial charge in [0.05, 0.1) is 10.1 Å². The van der Waals surface area contributed by atoms with E-state index < -0.39 is 18.0 Å². The van der Waals surface area contributed by atoms with Crippen molar-refractivity contribution < 1.29 is 33.4 Å². The molecule has 0 amide bonds. The molecular weight excluding hydrogens is 784 g/mol. The summed E-state index contributed by atoms with van der Waals surface area (Å²) < 4.78 is 27.2. The largest absolute Gasteiger partial charge is 0.748 e. The van der Waals surface area contributed by atoms with Gasteiger partial charge >= 0.3 is 0 Å². The number of hydrogen-bond acceptors (Lipinski definition) is 4. The van der Waals surface area contributed by atoms with Gasteiger partial charge in [-0.3, -0.25) is 0 Å². The summed E-state index contributed by atoms with van der Waals surface area (Å²) in [7, 11) is -4.36. The maximum atomic E-state index is 9.08. The zero-order valence-electron chi connectivity index (χ0n) is 35.4. The van der Waals surface area contributed by atoms with Gasteiger partial charge in [-0.25, -0.2) is 8.42 Å². The number of hydrogen-bond donors (Lipinski definition) is 1. The SMILES string of the molecule is CS(=O)(=O)[O-].Cc1c(C)c(C)c(P(C(C)(C)C)C(C)(C)C)c(-c2c(C(C)C)[c-]c(C(C)C)cc2C(C)C)c1C.Nc1ccccc1-c1[c-]cccc1.[Pd]. The van der Waals surface area contributed by atoms with E-state index in [9.17, 15) is 0 Å². The minimum atomic E-state index is -3.92. The molecule has 0 aliphatic rings. The molecule has 0 saturated carbocycles. The van der Waals surface area contributed by atoms with Gasteiger partial charge < -0.3 is 10.3 Å². The van der Waals surface area contributed by atoms with E-state index in [1.165, 1.54) is 50.1 Å². The number of anilines is 1. The molecule has 0 radical (unpaired) electrons. The Labute approximate surface area is 339 Å². The van der Waals surface area contributed by atoms with E-state index in [-0.39, 0.29) is 30.7 Å². The summed E-state index contributed by atoms with van der Waals surface area (Å²) in [5.41, 5.74) is 21.9. The first kappa shape index (κ1) is 48.7. The minimum Gasteiger partial charge on any atom is -0.748 e. The van der Waals surface area contributed by atoms with Crippen LogP contribution in [0.3, 0.4) is 0 Å². The van der Waals surface area contributed by atoms with Crippen LogP contribution in [0.4, 0.5) is 5.69 Å². The molecule has 7 heteroatoms. The van der Waals surface area contributed by atoms with Gasteiger partial charge in [-0.15, -0.1) is 47.0 Å². The molecule has 4 aromatic carbocycles. The quantitative estimate of drug-likeness (QED) is 0.0689. The predicted octanol–water partition coefficient (Wildman–Crippen LogP) is 12.4. The number of para-hydroxylation sites is 1. The van der Waals surface area contributed by atoms with E-state index in [1.807, 2.05) is 48.5 Å². The molecule has 0 aliphatic heterocycles. The second kappa shape index (κ2) is 19.5. The van der Waals surface area contributed by atoms with Crippen molar-refractivity contribution >= 4 is 29.0 Å². The minimum absolute atomic E-state index is 0. The molecule has 4 nitrogen and oxygen atoms in total. The molecule has 4 rings (SSSR count). The first-order chi connectivity index (χ1) is 23.7. The molecule has 0 spiro atoms. The van der Waals surface area contributed by atoms with Gasteiger partial charge in [0.2, 0.25) is 0 Å². The number of benzene rings is 4. The number of nitrogen functional groups attached to an aromatic ring is 1. The van der Waals surface area contributed by atoms with Crippen LogP contribution in [0.15, 0.2) is 54.6 Å². The van der Waals surface area contributed by atoms with Crippen molar-refractivity contribution in [3.05, 3.63) is 106 Å². The molecule has 53 heavy (non-hydrogen) atoms. The van der Waals surface area contributed by atoms with E-state index in [1.54, 1.807) is 5.30 Å². The fraction of sp³-hybridized carbons (Fsp3) is 0.478. The molecule has 296 valence electrons. The van der Waals surface area contributed by atoms with Crippen molar-refractivity contribution in [2.75, 3.05) is 12.0 Å². The maximum absolute atomic E-state index is 9.08. The molecule has 0 unspecified atom stereocenters. The number of nitrogens with two attached hydrogens (primary N) is 1. The maximum Gasteiger partial charge on any atom is 0.0916 e. The van der Waals surface area contributed by atoms with Gasteiger partial charge in [0.15, 0.2) is 0 Å². The van der Waals surface area contributed by atoms with Crippen molar-refractivity contribution in [3.8, 4) is 22.3 Å². The van der Waals surface area contributed by atoms with Crippen LogP contribution in [0.2, 0.25) is 0 Å². The van der Waals surface area contributed by atoms with E-state index in [0.29, 0.717) is 24.0 Å². The zero-order chi connectivity index (χ0) is 40.1. The Balaban J connectivity index is 0.000000603. The fourth-order valence-electron chi connectivity index (χ4n) is 6.99. The first-order valence-electron chi connectivity index (χ1n) is 18.4. The molecule has 2 N–H and O–H groups in total. The van der Waals surface area contributed by atoms with E-state index >= 15 is 0 Å². The van der Waals surface area contributed by atoms with Crippen LogP contribution in [0.1, 0.15) is 140 Å². The van der Waals surface area contributed by atoms with E-state index in [0.717, 1.165) is 16.8 Å². The van der Waals surface area contributed by atoms with Crippen molar-refractivity contribution in [3.63, 3.8) is 0 Å². The van der Waals surface area contributed by atoms with Gasteiger partial charge in [-0.05, 0) is 89.5 Å². The van der Waals surface area contributed by atoms with Crippen LogP contribution in [0.25, 0.3) is 22.3 Å². The fourth-order valence-corrected chi connectivity index (χ4v) is 11.3. The Morgan fingerprint density at radius 3 is 1.62 bits per heavy atom. The Morgan fingerprint density at radius 1 is 0.717 bits per heavy atom. The standard InChI is InChI=1S/C33H52P.C12H10N.CH4O3S.Pd/c1-19(2)26-17-27(20(3)4)30(28(18-26)21(5)6)29-24(9)22(7)23(8)25(10)31(29)34(32(11,12)13)33(14,15)16;13-12-9-5-4-8-11(12)10-6-2-1-3-7-10;1-5(2,3)4;/h17,19-21H,1-16H3;1-6,8-9H,13H2;1H3,(H,2,3,4);/q2*-1;;/p-1. The summed E-state index contributed by atoms with van der Waals surface area (Å²) in [6.45, 7) is 38.2. The summed E-state index contributed by atoms with van der Waals surface area (Å²) >= 11 is 0. The van der Waals surface area contributed by atoms with Crippen LogP contribution in [0.5, 0.6) is 0 Å². The third-order valence-corrected chi connectivity index (χ3v) is 13.1. The molecular formula is C46H65NO3PPdS-3. The topological polar surface area (TPSA) is 83.2 Å². The third kappa shape index (κ3) is 13.1. The normalized spacial score (nSPS) is 12.0. The predicted molar refractivity (Wildman–Crippen MR) is 229 cm³/mol. The van der Waals surface area contributed by atoms with Crippen LogP contribution < -0.4 is 11.0 Å². The Kier molecular flexibility index (Phi) is 17.9. The number of rotatable bonds is 6. The van der Waals surface area contributed by atoms with Crippen molar-refractivity contribution in [2.24, 2.45) is 0 Å². The van der Waals surface area contributed by atoms with Crippen LogP contribution >= 0.6 is 7.92 Å². The molecule has 4 aromatic rings. The summed E-state index contributed by atoms with van der Waals surface area (Å²) in [6, 6.07) is 25.2. The molecule has 0 saturated heterocycles. The Bertz CT molecular complexity index is 1870. The summed E-state index contributed by atoms with van der Waals surface area (Å²) in [6.07, 6.45) is 0.604. The monoisotopic (exact) mass is 848 g/mol. The van der Waals surface area contributed by atoms with E-state index in [4.69, 9.17) is 18.7 Å². The summed E-state index contributed by atoms with van der Waals surface area (Å²) in [5, 5.41) is 2.04. The van der Waals surface area contributed by atoms with Gasteiger partial charge in [0.25, 0.3) is 0 Å². The van der Waals surface area contributed by atoms with Crippen molar-refractivity contribution in [2.45, 2.75) is 139 Å². The Hall–Kier alpha value is -2.32. The second-order valence-electron chi connectivity index (χ2n) is 16.9.